The Kier molecular flexibility index (Phi) is 4.66. The molecular formula is C18H18F4N6O. The van der Waals surface area contributed by atoms with Crippen LogP contribution >= 0.6 is 0 Å². The second kappa shape index (κ2) is 6.92. The van der Waals surface area contributed by atoms with Crippen molar-refractivity contribution >= 4 is 11.6 Å². The molecule has 29 heavy (non-hydrogen) atoms. The summed E-state index contributed by atoms with van der Waals surface area (Å²) < 4.78 is 54.8. The number of nitrogens with zero attached hydrogens (tertiary/aromatic N) is 4. The molecule has 3 N–H and O–H groups in total. The third kappa shape index (κ3) is 3.51. The zero-order valence-electron chi connectivity index (χ0n) is 15.3. The van der Waals surface area contributed by atoms with Gasteiger partial charge in [-0.25, -0.2) is 19.3 Å². The molecule has 3 unspecified atom stereocenters. The molecule has 3 atom stereocenters. The molecule has 0 radical (unpaired) electrons. The molecule has 1 aliphatic rings. The summed E-state index contributed by atoms with van der Waals surface area (Å²) in [6.45, 7) is 1.37. The minimum Gasteiger partial charge on any atom is -0.376 e. The molecule has 4 rings (SSSR count). The van der Waals surface area contributed by atoms with E-state index in [4.69, 9.17) is 0 Å². The van der Waals surface area contributed by atoms with Crippen molar-refractivity contribution in [2.75, 3.05) is 18.4 Å². The monoisotopic (exact) mass is 410 g/mol. The van der Waals surface area contributed by atoms with Gasteiger partial charge >= 0.3 is 6.18 Å². The highest BCUT2D eigenvalue weighted by atomic mass is 19.4. The van der Waals surface area contributed by atoms with E-state index in [1.165, 1.54) is 35.1 Å². The molecule has 0 aliphatic carbocycles. The lowest BCUT2D eigenvalue weighted by atomic mass is 9.97. The maximum Gasteiger partial charge on any atom is 0.421 e. The molecule has 0 aromatic carbocycles. The van der Waals surface area contributed by atoms with Crippen LogP contribution in [0.15, 0.2) is 36.8 Å². The number of hydrogen-bond acceptors (Lipinski definition) is 6. The summed E-state index contributed by atoms with van der Waals surface area (Å²) in [6.07, 6.45) is -1.81. The normalized spacial score (nSPS) is 22.0. The van der Waals surface area contributed by atoms with E-state index in [1.54, 1.807) is 6.07 Å². The zero-order chi connectivity index (χ0) is 20.8. The van der Waals surface area contributed by atoms with Crippen molar-refractivity contribution in [3.8, 4) is 11.4 Å². The second-order valence-electron chi connectivity index (χ2n) is 7.05. The van der Waals surface area contributed by atoms with Gasteiger partial charge in [-0.3, -0.25) is 4.40 Å². The van der Waals surface area contributed by atoms with Gasteiger partial charge in [0.05, 0.1) is 23.6 Å². The lowest BCUT2D eigenvalue weighted by Crippen LogP contribution is -2.39. The van der Waals surface area contributed by atoms with Gasteiger partial charge in [0.25, 0.3) is 0 Å². The average molecular weight is 410 g/mol. The van der Waals surface area contributed by atoms with E-state index in [2.05, 4.69) is 25.6 Å². The Balaban J connectivity index is 1.71. The highest BCUT2D eigenvalue weighted by molar-refractivity contribution is 5.61. The number of aromatic nitrogens is 4. The highest BCUT2D eigenvalue weighted by Gasteiger charge is 2.51. The van der Waals surface area contributed by atoms with Gasteiger partial charge in [0.2, 0.25) is 5.95 Å². The summed E-state index contributed by atoms with van der Waals surface area (Å²) in [4.78, 5) is 12.6. The molecule has 11 heteroatoms. The van der Waals surface area contributed by atoms with Crippen LogP contribution in [0.2, 0.25) is 0 Å². The number of anilines is 1. The van der Waals surface area contributed by atoms with Crippen LogP contribution in [0.25, 0.3) is 17.0 Å². The Morgan fingerprint density at radius 2 is 2.00 bits per heavy atom. The first-order valence-electron chi connectivity index (χ1n) is 8.88. The van der Waals surface area contributed by atoms with Gasteiger partial charge in [-0.2, -0.15) is 13.2 Å². The Morgan fingerprint density at radius 3 is 2.69 bits per heavy atom. The van der Waals surface area contributed by atoms with Gasteiger partial charge in [-0.1, -0.05) is 6.07 Å². The number of fused-ring (bicyclic) bond motifs is 1. The van der Waals surface area contributed by atoms with Gasteiger partial charge in [-0.15, -0.1) is 0 Å². The van der Waals surface area contributed by atoms with Crippen LogP contribution in [0.1, 0.15) is 12.5 Å². The minimum absolute atomic E-state index is 0.201. The van der Waals surface area contributed by atoms with E-state index in [9.17, 15) is 22.7 Å². The third-order valence-electron chi connectivity index (χ3n) is 4.99. The molecule has 7 nitrogen and oxygen atoms in total. The zero-order valence-corrected chi connectivity index (χ0v) is 15.3. The number of pyridine rings is 1. The number of aliphatic hydroxyl groups is 1. The van der Waals surface area contributed by atoms with Crippen molar-refractivity contribution in [3.63, 3.8) is 0 Å². The van der Waals surface area contributed by atoms with Gasteiger partial charge in [-0.05, 0) is 19.1 Å². The van der Waals surface area contributed by atoms with E-state index >= 15 is 0 Å². The molecule has 1 aliphatic heterocycles. The quantitative estimate of drug-likeness (QED) is 0.572. The average Bonchev–Trinajstić information content (AvgIpc) is 3.27. The van der Waals surface area contributed by atoms with Gasteiger partial charge in [0, 0.05) is 31.0 Å². The predicted molar refractivity (Wildman–Crippen MR) is 97.0 cm³/mol. The Bertz CT molecular complexity index is 1030. The molecule has 0 saturated carbocycles. The number of rotatable bonds is 4. The fraction of sp³-hybridized carbons (Fsp3) is 0.389. The van der Waals surface area contributed by atoms with Crippen LogP contribution in [-0.4, -0.2) is 55.9 Å². The highest BCUT2D eigenvalue weighted by Crippen LogP contribution is 2.38. The van der Waals surface area contributed by atoms with E-state index < -0.39 is 24.0 Å². The number of imidazole rings is 1. The molecule has 154 valence electrons. The lowest BCUT2D eigenvalue weighted by Gasteiger charge is -2.26. The molecule has 0 spiro atoms. The molecule has 1 saturated heterocycles. The van der Waals surface area contributed by atoms with Gasteiger partial charge < -0.3 is 15.7 Å². The van der Waals surface area contributed by atoms with Crippen LogP contribution in [0, 0.1) is 0 Å². The molecule has 0 amide bonds. The van der Waals surface area contributed by atoms with Gasteiger partial charge in [0.1, 0.15) is 11.8 Å². The van der Waals surface area contributed by atoms with Crippen LogP contribution in [-0.2, 0) is 5.60 Å². The van der Waals surface area contributed by atoms with Crippen molar-refractivity contribution in [1.29, 1.82) is 0 Å². The van der Waals surface area contributed by atoms with Crippen LogP contribution in [0.3, 0.4) is 0 Å². The number of alkyl halides is 4. The summed E-state index contributed by atoms with van der Waals surface area (Å²) in [5, 5.41) is 15.8. The molecule has 1 fully saturated rings. The van der Waals surface area contributed by atoms with Crippen molar-refractivity contribution in [2.45, 2.75) is 30.9 Å². The fourth-order valence-electron chi connectivity index (χ4n) is 3.15. The van der Waals surface area contributed by atoms with Crippen molar-refractivity contribution in [2.24, 2.45) is 0 Å². The minimum atomic E-state index is -4.84. The summed E-state index contributed by atoms with van der Waals surface area (Å²) in [6, 6.07) is 3.67. The van der Waals surface area contributed by atoms with E-state index in [0.29, 0.717) is 30.5 Å². The summed E-state index contributed by atoms with van der Waals surface area (Å²) in [5.74, 6) is 0.201. The first-order chi connectivity index (χ1) is 13.7. The first-order valence-corrected chi connectivity index (χ1v) is 8.88. The SMILES string of the molecule is CC(O)(c1ccc2ncc(-c3ccnc(NC4CNCC4F)n3)n2c1)C(F)(F)F. The largest absolute Gasteiger partial charge is 0.421 e. The Labute approximate surface area is 162 Å². The summed E-state index contributed by atoms with van der Waals surface area (Å²) in [7, 11) is 0. The third-order valence-corrected chi connectivity index (χ3v) is 4.99. The second-order valence-corrected chi connectivity index (χ2v) is 7.05. The van der Waals surface area contributed by atoms with Crippen LogP contribution in [0.4, 0.5) is 23.5 Å². The van der Waals surface area contributed by atoms with Crippen LogP contribution in [0.5, 0.6) is 0 Å². The van der Waals surface area contributed by atoms with Crippen molar-refractivity contribution in [3.05, 3.63) is 42.4 Å². The lowest BCUT2D eigenvalue weighted by molar-refractivity contribution is -0.259. The maximum absolute atomic E-state index is 13.8. The van der Waals surface area contributed by atoms with Crippen molar-refractivity contribution in [1.82, 2.24) is 24.7 Å². The molecular weight excluding hydrogens is 392 g/mol. The number of hydrogen-bond donors (Lipinski definition) is 3. The summed E-state index contributed by atoms with van der Waals surface area (Å²) >= 11 is 0. The summed E-state index contributed by atoms with van der Waals surface area (Å²) in [5.41, 5.74) is -2.17. The van der Waals surface area contributed by atoms with Crippen molar-refractivity contribution < 1.29 is 22.7 Å². The van der Waals surface area contributed by atoms with Gasteiger partial charge in [0.15, 0.2) is 5.60 Å². The van der Waals surface area contributed by atoms with E-state index in [1.807, 2.05) is 0 Å². The predicted octanol–water partition coefficient (Wildman–Crippen LogP) is 2.28. The maximum atomic E-state index is 13.8. The molecule has 3 aromatic heterocycles. The standard InChI is InChI=1S/C18H18F4N6O/c1-17(29,18(20,21)22)10-2-3-15-25-8-14(28(15)9-10)12-4-5-24-16(26-12)27-13-7-23-6-11(13)19/h2-5,8-9,11,13,23,29H,6-7H2,1H3,(H,24,26,27). The number of nitrogens with one attached hydrogen (secondary N) is 2. The molecule has 4 heterocycles. The Hall–Kier alpha value is -2.79. The smallest absolute Gasteiger partial charge is 0.376 e. The molecule has 3 aromatic rings. The number of halogens is 4. The Morgan fingerprint density at radius 1 is 1.21 bits per heavy atom. The van der Waals surface area contributed by atoms with Crippen LogP contribution < -0.4 is 10.6 Å². The first kappa shape index (κ1) is 19.5. The van der Waals surface area contributed by atoms with E-state index in [0.717, 1.165) is 0 Å². The van der Waals surface area contributed by atoms with E-state index in [-0.39, 0.29) is 18.1 Å². The fourth-order valence-corrected chi connectivity index (χ4v) is 3.15. The molecule has 0 bridgehead atoms. The topological polar surface area (TPSA) is 87.4 Å².